The average molecular weight is 456 g/mol. The van der Waals surface area contributed by atoms with Crippen LogP contribution in [0.4, 0.5) is 0 Å². The van der Waals surface area contributed by atoms with Gasteiger partial charge in [0.25, 0.3) is 5.91 Å². The molecule has 2 aromatic heterocycles. The summed E-state index contributed by atoms with van der Waals surface area (Å²) < 4.78 is 34.3. The highest BCUT2D eigenvalue weighted by Crippen LogP contribution is 2.40. The molecule has 0 atom stereocenters. The number of carbonyl (C=O) groups is 1. The standard InChI is InChI=1S/C22H25N5O4S/c1-15-21(16(2)31-24-15)32(29,30)26-12-10-25(11-13-26)22(28)20-14-19(17-8-9-17)23-27(20)18-6-4-3-5-7-18/h3-7,14,17H,8-13H2,1-2H3. The van der Waals surface area contributed by atoms with Crippen LogP contribution in [0.1, 0.15) is 46.4 Å². The summed E-state index contributed by atoms with van der Waals surface area (Å²) in [6, 6.07) is 11.5. The van der Waals surface area contributed by atoms with Gasteiger partial charge in [-0.2, -0.15) is 9.40 Å². The van der Waals surface area contributed by atoms with Gasteiger partial charge in [0.15, 0.2) is 5.76 Å². The molecular formula is C22H25N5O4S. The second-order valence-electron chi connectivity index (χ2n) is 8.33. The molecule has 1 aliphatic heterocycles. The number of para-hydroxylation sites is 1. The monoisotopic (exact) mass is 455 g/mol. The quantitative estimate of drug-likeness (QED) is 0.586. The molecule has 168 valence electrons. The molecule has 2 fully saturated rings. The van der Waals surface area contributed by atoms with E-state index in [1.54, 1.807) is 23.4 Å². The highest BCUT2D eigenvalue weighted by atomic mass is 32.2. The molecule has 1 aliphatic carbocycles. The summed E-state index contributed by atoms with van der Waals surface area (Å²) in [6.07, 6.45) is 2.19. The largest absolute Gasteiger partial charge is 0.360 e. The highest BCUT2D eigenvalue weighted by molar-refractivity contribution is 7.89. The van der Waals surface area contributed by atoms with Gasteiger partial charge in [0, 0.05) is 32.1 Å². The Kier molecular flexibility index (Phi) is 5.13. The van der Waals surface area contributed by atoms with Crippen molar-refractivity contribution >= 4 is 15.9 Å². The van der Waals surface area contributed by atoms with E-state index in [1.807, 2.05) is 36.4 Å². The zero-order valence-corrected chi connectivity index (χ0v) is 18.9. The highest BCUT2D eigenvalue weighted by Gasteiger charge is 2.36. The van der Waals surface area contributed by atoms with Gasteiger partial charge in [0.05, 0.1) is 11.4 Å². The summed E-state index contributed by atoms with van der Waals surface area (Å²) in [6.45, 7) is 4.25. The first-order valence-electron chi connectivity index (χ1n) is 10.7. The van der Waals surface area contributed by atoms with Crippen LogP contribution in [0, 0.1) is 13.8 Å². The van der Waals surface area contributed by atoms with E-state index in [4.69, 9.17) is 9.62 Å². The number of hydrogen-bond donors (Lipinski definition) is 0. The van der Waals surface area contributed by atoms with Crippen LogP contribution in [0.5, 0.6) is 0 Å². The molecule has 3 aromatic rings. The Morgan fingerprint density at radius 1 is 1.06 bits per heavy atom. The maximum atomic E-state index is 13.4. The van der Waals surface area contributed by atoms with Crippen molar-refractivity contribution in [1.82, 2.24) is 24.1 Å². The van der Waals surface area contributed by atoms with Crippen LogP contribution in [0.15, 0.2) is 45.8 Å². The summed E-state index contributed by atoms with van der Waals surface area (Å²) in [7, 11) is -3.72. The summed E-state index contributed by atoms with van der Waals surface area (Å²) in [4.78, 5) is 15.2. The Morgan fingerprint density at radius 2 is 1.75 bits per heavy atom. The Morgan fingerprint density at radius 3 is 2.34 bits per heavy atom. The van der Waals surface area contributed by atoms with Crippen molar-refractivity contribution in [1.29, 1.82) is 0 Å². The van der Waals surface area contributed by atoms with E-state index < -0.39 is 10.0 Å². The minimum Gasteiger partial charge on any atom is -0.360 e. The average Bonchev–Trinajstić information content (AvgIpc) is 3.46. The van der Waals surface area contributed by atoms with Crippen LogP contribution < -0.4 is 0 Å². The van der Waals surface area contributed by atoms with Gasteiger partial charge in [-0.3, -0.25) is 4.79 Å². The van der Waals surface area contributed by atoms with Gasteiger partial charge in [-0.05, 0) is 44.9 Å². The van der Waals surface area contributed by atoms with E-state index >= 15 is 0 Å². The van der Waals surface area contributed by atoms with Crippen molar-refractivity contribution < 1.29 is 17.7 Å². The van der Waals surface area contributed by atoms with Crippen molar-refractivity contribution in [3.63, 3.8) is 0 Å². The van der Waals surface area contributed by atoms with E-state index in [0.29, 0.717) is 30.4 Å². The number of rotatable bonds is 5. The number of aryl methyl sites for hydroxylation is 2. The molecular weight excluding hydrogens is 430 g/mol. The lowest BCUT2D eigenvalue weighted by Gasteiger charge is -2.33. The molecule has 0 radical (unpaired) electrons. The van der Waals surface area contributed by atoms with E-state index in [0.717, 1.165) is 24.2 Å². The molecule has 1 saturated carbocycles. The molecule has 1 aromatic carbocycles. The van der Waals surface area contributed by atoms with Crippen LogP contribution in [-0.4, -0.2) is 64.6 Å². The van der Waals surface area contributed by atoms with Gasteiger partial charge >= 0.3 is 0 Å². The summed E-state index contributed by atoms with van der Waals surface area (Å²) in [5, 5.41) is 8.48. The maximum absolute atomic E-state index is 13.4. The van der Waals surface area contributed by atoms with Crippen molar-refractivity contribution in [2.24, 2.45) is 0 Å². The molecule has 0 unspecified atom stereocenters. The van der Waals surface area contributed by atoms with Gasteiger partial charge < -0.3 is 9.42 Å². The molecule has 32 heavy (non-hydrogen) atoms. The second kappa shape index (κ2) is 7.86. The number of piperazine rings is 1. The number of hydrogen-bond acceptors (Lipinski definition) is 6. The predicted molar refractivity (Wildman–Crippen MR) is 116 cm³/mol. The third-order valence-electron chi connectivity index (χ3n) is 6.04. The molecule has 5 rings (SSSR count). The van der Waals surface area contributed by atoms with Gasteiger partial charge in [0.2, 0.25) is 10.0 Å². The third-order valence-corrected chi connectivity index (χ3v) is 8.18. The van der Waals surface area contributed by atoms with E-state index in [-0.39, 0.29) is 29.7 Å². The zero-order valence-electron chi connectivity index (χ0n) is 18.1. The van der Waals surface area contributed by atoms with Crippen molar-refractivity contribution in [2.75, 3.05) is 26.2 Å². The predicted octanol–water partition coefficient (Wildman–Crippen LogP) is 2.50. The lowest BCUT2D eigenvalue weighted by molar-refractivity contribution is 0.0688. The van der Waals surface area contributed by atoms with Gasteiger partial charge in [0.1, 0.15) is 16.3 Å². The fourth-order valence-corrected chi connectivity index (χ4v) is 5.88. The Bertz CT molecular complexity index is 1230. The summed E-state index contributed by atoms with van der Waals surface area (Å²) in [5.74, 6) is 0.562. The van der Waals surface area contributed by atoms with Crippen LogP contribution in [0.3, 0.4) is 0 Å². The number of sulfonamides is 1. The fourth-order valence-electron chi connectivity index (χ4n) is 4.16. The molecule has 2 aliphatic rings. The molecule has 3 heterocycles. The minimum atomic E-state index is -3.72. The van der Waals surface area contributed by atoms with E-state index in [9.17, 15) is 13.2 Å². The topological polar surface area (TPSA) is 102 Å². The van der Waals surface area contributed by atoms with Crippen LogP contribution >= 0.6 is 0 Å². The Labute approximate surface area is 186 Å². The molecule has 0 spiro atoms. The zero-order chi connectivity index (χ0) is 22.5. The van der Waals surface area contributed by atoms with Crippen LogP contribution in [-0.2, 0) is 10.0 Å². The number of nitrogens with zero attached hydrogens (tertiary/aromatic N) is 5. The first kappa shape index (κ1) is 20.9. The molecule has 0 bridgehead atoms. The number of amides is 1. The summed E-state index contributed by atoms with van der Waals surface area (Å²) in [5.41, 5.74) is 2.64. The van der Waals surface area contributed by atoms with E-state index in [2.05, 4.69) is 5.16 Å². The van der Waals surface area contributed by atoms with Crippen molar-refractivity contribution in [3.05, 3.63) is 59.2 Å². The number of aromatic nitrogens is 3. The molecule has 1 amide bonds. The van der Waals surface area contributed by atoms with Crippen LogP contribution in [0.25, 0.3) is 5.69 Å². The van der Waals surface area contributed by atoms with E-state index in [1.165, 1.54) is 4.31 Å². The molecule has 9 nitrogen and oxygen atoms in total. The summed E-state index contributed by atoms with van der Waals surface area (Å²) >= 11 is 0. The van der Waals surface area contributed by atoms with Crippen molar-refractivity contribution in [2.45, 2.75) is 37.5 Å². The number of benzene rings is 1. The third kappa shape index (κ3) is 3.63. The lowest BCUT2D eigenvalue weighted by atomic mass is 10.2. The second-order valence-corrected chi connectivity index (χ2v) is 10.2. The SMILES string of the molecule is Cc1noc(C)c1S(=O)(=O)N1CCN(C(=O)c2cc(C3CC3)nn2-c2ccccc2)CC1. The van der Waals surface area contributed by atoms with Crippen LogP contribution in [0.2, 0.25) is 0 Å². The number of carbonyl (C=O) groups excluding carboxylic acids is 1. The first-order chi connectivity index (χ1) is 15.4. The lowest BCUT2D eigenvalue weighted by Crippen LogP contribution is -2.50. The Balaban J connectivity index is 1.36. The normalized spacial score (nSPS) is 17.6. The Hall–Kier alpha value is -2.98. The van der Waals surface area contributed by atoms with Gasteiger partial charge in [-0.15, -0.1) is 0 Å². The van der Waals surface area contributed by atoms with Gasteiger partial charge in [-0.1, -0.05) is 23.4 Å². The molecule has 1 saturated heterocycles. The first-order valence-corrected chi connectivity index (χ1v) is 12.2. The minimum absolute atomic E-state index is 0.119. The molecule has 0 N–H and O–H groups in total. The molecule has 10 heteroatoms. The fraction of sp³-hybridized carbons (Fsp3) is 0.409. The van der Waals surface area contributed by atoms with Gasteiger partial charge in [-0.25, -0.2) is 13.1 Å². The smallest absolute Gasteiger partial charge is 0.272 e. The van der Waals surface area contributed by atoms with Crippen molar-refractivity contribution in [3.8, 4) is 5.69 Å². The maximum Gasteiger partial charge on any atom is 0.272 e.